The molecule has 0 bridgehead atoms. The molecule has 3 aromatic rings. The number of para-hydroxylation sites is 1. The van der Waals surface area contributed by atoms with Crippen molar-refractivity contribution in [2.75, 3.05) is 13.1 Å². The first-order valence-electron chi connectivity index (χ1n) is 9.56. The number of hydrogen-bond acceptors (Lipinski definition) is 3. The summed E-state index contributed by atoms with van der Waals surface area (Å²) >= 11 is 3.67. The summed E-state index contributed by atoms with van der Waals surface area (Å²) in [6.45, 7) is 6.47. The van der Waals surface area contributed by atoms with E-state index >= 15 is 0 Å². The lowest BCUT2D eigenvalue weighted by Crippen LogP contribution is -2.26. The maximum Gasteiger partial charge on any atom is 0.280 e. The van der Waals surface area contributed by atoms with Crippen LogP contribution in [0.5, 0.6) is 0 Å². The Balaban J connectivity index is 1.82. The van der Waals surface area contributed by atoms with Crippen LogP contribution in [0.3, 0.4) is 0 Å². The molecule has 138 valence electrons. The van der Waals surface area contributed by atoms with Crippen LogP contribution in [0.2, 0.25) is 0 Å². The number of nitrogens with one attached hydrogen (secondary N) is 1. The molecule has 5 rings (SSSR count). The zero-order valence-corrected chi connectivity index (χ0v) is 17.1. The minimum Gasteiger partial charge on any atom is -0.317 e. The molecule has 1 saturated heterocycles. The Morgan fingerprint density at radius 2 is 1.96 bits per heavy atom. The lowest BCUT2D eigenvalue weighted by molar-refractivity contribution is 0.460. The molecular formula is C22H22BrN3O. The number of benzene rings is 2. The Morgan fingerprint density at radius 1 is 1.19 bits per heavy atom. The normalized spacial score (nSPS) is 18.5. The van der Waals surface area contributed by atoms with Gasteiger partial charge in [-0.2, -0.15) is 4.98 Å². The van der Waals surface area contributed by atoms with Crippen molar-refractivity contribution in [2.45, 2.75) is 38.0 Å². The van der Waals surface area contributed by atoms with Crippen LogP contribution in [-0.2, 0) is 5.41 Å². The van der Waals surface area contributed by atoms with Gasteiger partial charge in [0.1, 0.15) is 5.82 Å². The van der Waals surface area contributed by atoms with Crippen molar-refractivity contribution in [3.63, 3.8) is 0 Å². The van der Waals surface area contributed by atoms with E-state index in [2.05, 4.69) is 62.8 Å². The Kier molecular flexibility index (Phi) is 3.82. The molecule has 0 spiro atoms. The van der Waals surface area contributed by atoms with Crippen molar-refractivity contribution in [2.24, 2.45) is 0 Å². The smallest absolute Gasteiger partial charge is 0.280 e. The number of hydrogen-bond donors (Lipinski definition) is 1. The van der Waals surface area contributed by atoms with Gasteiger partial charge in [-0.3, -0.25) is 9.36 Å². The highest BCUT2D eigenvalue weighted by molar-refractivity contribution is 9.10. The van der Waals surface area contributed by atoms with Gasteiger partial charge in [0.2, 0.25) is 0 Å². The van der Waals surface area contributed by atoms with Gasteiger partial charge in [-0.1, -0.05) is 18.2 Å². The van der Waals surface area contributed by atoms with Gasteiger partial charge in [0.15, 0.2) is 0 Å². The van der Waals surface area contributed by atoms with Crippen LogP contribution >= 0.6 is 15.9 Å². The van der Waals surface area contributed by atoms with E-state index in [-0.39, 0.29) is 11.0 Å². The lowest BCUT2D eigenvalue weighted by atomic mass is 9.83. The van der Waals surface area contributed by atoms with Gasteiger partial charge in [-0.25, -0.2) is 0 Å². The number of fused-ring (bicyclic) bond motifs is 5. The first kappa shape index (κ1) is 17.1. The molecule has 0 radical (unpaired) electrons. The van der Waals surface area contributed by atoms with E-state index in [9.17, 15) is 4.79 Å². The largest absolute Gasteiger partial charge is 0.317 e. The molecule has 0 atom stereocenters. The summed E-state index contributed by atoms with van der Waals surface area (Å²) in [6.07, 6.45) is 2.34. The Hall–Kier alpha value is -1.98. The Morgan fingerprint density at radius 3 is 2.74 bits per heavy atom. The van der Waals surface area contributed by atoms with E-state index in [0.717, 1.165) is 34.6 Å². The first-order chi connectivity index (χ1) is 13.0. The van der Waals surface area contributed by atoms with Crippen LogP contribution < -0.4 is 10.9 Å². The third kappa shape index (κ3) is 2.44. The third-order valence-electron chi connectivity index (χ3n) is 6.17. The van der Waals surface area contributed by atoms with E-state index in [1.165, 1.54) is 24.0 Å². The van der Waals surface area contributed by atoms with Gasteiger partial charge in [-0.05, 0) is 91.0 Å². The second kappa shape index (κ2) is 6.01. The van der Waals surface area contributed by atoms with Crippen LogP contribution in [0.1, 0.15) is 49.6 Å². The van der Waals surface area contributed by atoms with Crippen LogP contribution in [0, 0.1) is 0 Å². The maximum absolute atomic E-state index is 12.7. The van der Waals surface area contributed by atoms with Crippen molar-refractivity contribution in [3.05, 3.63) is 68.2 Å². The molecule has 4 nitrogen and oxygen atoms in total. The minimum absolute atomic E-state index is 0.156. The van der Waals surface area contributed by atoms with Crippen LogP contribution in [-0.4, -0.2) is 22.6 Å². The van der Waals surface area contributed by atoms with Gasteiger partial charge in [0.25, 0.3) is 5.56 Å². The average molecular weight is 424 g/mol. The molecule has 1 aromatic heterocycles. The van der Waals surface area contributed by atoms with Gasteiger partial charge in [0.05, 0.1) is 22.0 Å². The van der Waals surface area contributed by atoms with E-state index in [4.69, 9.17) is 0 Å². The number of rotatable bonds is 1. The molecule has 3 heterocycles. The molecule has 1 N–H and O–H groups in total. The predicted octanol–water partition coefficient (Wildman–Crippen LogP) is 4.25. The van der Waals surface area contributed by atoms with Gasteiger partial charge >= 0.3 is 0 Å². The van der Waals surface area contributed by atoms with Crippen LogP contribution in [0.15, 0.2) is 45.7 Å². The highest BCUT2D eigenvalue weighted by Crippen LogP contribution is 2.44. The van der Waals surface area contributed by atoms with Crippen molar-refractivity contribution in [3.8, 4) is 5.69 Å². The molecule has 1 fully saturated rings. The summed E-state index contributed by atoms with van der Waals surface area (Å²) in [4.78, 5) is 17.2. The fraction of sp³-hybridized carbons (Fsp3) is 0.364. The van der Waals surface area contributed by atoms with Gasteiger partial charge in [0, 0.05) is 4.47 Å². The molecule has 0 unspecified atom stereocenters. The van der Waals surface area contributed by atoms with Crippen molar-refractivity contribution >= 4 is 26.8 Å². The fourth-order valence-electron chi connectivity index (χ4n) is 4.67. The topological polar surface area (TPSA) is 46.9 Å². The number of nitrogens with zero attached hydrogens (tertiary/aromatic N) is 2. The van der Waals surface area contributed by atoms with E-state index < -0.39 is 0 Å². The Bertz CT molecular complexity index is 1130. The summed E-state index contributed by atoms with van der Waals surface area (Å²) in [5.74, 6) is 1.41. The SMILES string of the molecule is CC1(C)c2ccc(C3CCNCC3)cc2-n2c1nc(=O)c1cccc(Br)c12. The number of halogens is 1. The molecule has 2 aromatic carbocycles. The van der Waals surface area contributed by atoms with Gasteiger partial charge in [-0.15, -0.1) is 0 Å². The highest BCUT2D eigenvalue weighted by atomic mass is 79.9. The maximum atomic E-state index is 12.7. The average Bonchev–Trinajstić information content (AvgIpc) is 2.90. The summed E-state index contributed by atoms with van der Waals surface area (Å²) < 4.78 is 3.12. The molecule has 27 heavy (non-hydrogen) atoms. The molecular weight excluding hydrogens is 402 g/mol. The minimum atomic E-state index is -0.301. The fourth-order valence-corrected chi connectivity index (χ4v) is 5.22. The second-order valence-corrected chi connectivity index (χ2v) is 8.99. The van der Waals surface area contributed by atoms with E-state index in [1.54, 1.807) is 0 Å². The van der Waals surface area contributed by atoms with E-state index in [1.807, 2.05) is 18.2 Å². The third-order valence-corrected chi connectivity index (χ3v) is 6.81. The first-order valence-corrected chi connectivity index (χ1v) is 10.3. The zero-order chi connectivity index (χ0) is 18.8. The highest BCUT2D eigenvalue weighted by Gasteiger charge is 2.39. The standard InChI is InChI=1S/C22H22BrN3O/c1-22(2)16-7-6-14(13-8-10-24-11-9-13)12-18(16)26-19-15(4-3-5-17(19)23)20(27)25-21(22)26/h3-7,12-13,24H,8-11H2,1-2H3. The zero-order valence-electron chi connectivity index (χ0n) is 15.6. The van der Waals surface area contributed by atoms with Crippen molar-refractivity contribution < 1.29 is 0 Å². The molecule has 5 heteroatoms. The van der Waals surface area contributed by atoms with Crippen molar-refractivity contribution in [1.82, 2.24) is 14.9 Å². The quantitative estimate of drug-likeness (QED) is 0.635. The lowest BCUT2D eigenvalue weighted by Gasteiger charge is -2.24. The summed E-state index contributed by atoms with van der Waals surface area (Å²) in [5.41, 5.74) is 4.24. The Labute approximate surface area is 166 Å². The molecule has 2 aliphatic heterocycles. The monoisotopic (exact) mass is 423 g/mol. The summed E-state index contributed by atoms with van der Waals surface area (Å²) in [7, 11) is 0. The molecule has 0 amide bonds. The second-order valence-electron chi connectivity index (χ2n) is 8.14. The summed E-state index contributed by atoms with van der Waals surface area (Å²) in [6, 6.07) is 12.6. The summed E-state index contributed by atoms with van der Waals surface area (Å²) in [5, 5.41) is 4.10. The molecule has 0 aliphatic carbocycles. The molecule has 2 aliphatic rings. The predicted molar refractivity (Wildman–Crippen MR) is 112 cm³/mol. The number of piperidine rings is 1. The van der Waals surface area contributed by atoms with E-state index in [0.29, 0.717) is 11.3 Å². The van der Waals surface area contributed by atoms with Crippen molar-refractivity contribution in [1.29, 1.82) is 0 Å². The van der Waals surface area contributed by atoms with Crippen LogP contribution in [0.25, 0.3) is 16.6 Å². The number of aromatic nitrogens is 2. The molecule has 0 saturated carbocycles. The van der Waals surface area contributed by atoms with Gasteiger partial charge < -0.3 is 5.32 Å². The van der Waals surface area contributed by atoms with Crippen LogP contribution in [0.4, 0.5) is 0 Å².